The van der Waals surface area contributed by atoms with Crippen LogP contribution in [0.3, 0.4) is 0 Å². The molecule has 1 aromatic heterocycles. The molecule has 94 valence electrons. The maximum atomic E-state index is 10.7. The van der Waals surface area contributed by atoms with E-state index in [1.165, 1.54) is 10.9 Å². The van der Waals surface area contributed by atoms with Crippen molar-refractivity contribution in [2.24, 2.45) is 0 Å². The zero-order chi connectivity index (χ0) is 13.1. The van der Waals surface area contributed by atoms with Gasteiger partial charge < -0.3 is 9.84 Å². The first kappa shape index (κ1) is 12.6. The lowest BCUT2D eigenvalue weighted by Gasteiger charge is -2.05. The van der Waals surface area contributed by atoms with Gasteiger partial charge in [0.1, 0.15) is 5.75 Å². The molecule has 7 heteroatoms. The van der Waals surface area contributed by atoms with E-state index in [4.69, 9.17) is 9.84 Å². The number of aromatic carboxylic acids is 1. The fourth-order valence-corrected chi connectivity index (χ4v) is 2.06. The molecule has 18 heavy (non-hydrogen) atoms. The SMILES string of the molecule is COc1ccc(Cn2cc(C(=O)O)nn2)cc1Br. The molecule has 0 spiro atoms. The van der Waals surface area contributed by atoms with Gasteiger partial charge in [-0.25, -0.2) is 9.48 Å². The molecule has 0 bridgehead atoms. The molecule has 0 radical (unpaired) electrons. The van der Waals surface area contributed by atoms with Gasteiger partial charge >= 0.3 is 5.97 Å². The summed E-state index contributed by atoms with van der Waals surface area (Å²) in [5, 5.41) is 16.0. The van der Waals surface area contributed by atoms with Crippen LogP contribution in [0, 0.1) is 0 Å². The maximum Gasteiger partial charge on any atom is 0.358 e. The van der Waals surface area contributed by atoms with Gasteiger partial charge in [0.05, 0.1) is 24.3 Å². The predicted octanol–water partition coefficient (Wildman–Crippen LogP) is 1.80. The molecular weight excluding hydrogens is 302 g/mol. The molecule has 0 aliphatic carbocycles. The second kappa shape index (κ2) is 5.18. The smallest absolute Gasteiger partial charge is 0.358 e. The molecule has 0 saturated carbocycles. The molecule has 1 aromatic carbocycles. The number of carbonyl (C=O) groups is 1. The highest BCUT2D eigenvalue weighted by atomic mass is 79.9. The summed E-state index contributed by atoms with van der Waals surface area (Å²) in [6.07, 6.45) is 1.39. The Hall–Kier alpha value is -1.89. The summed E-state index contributed by atoms with van der Waals surface area (Å²) in [5.74, 6) is -0.347. The Morgan fingerprint density at radius 1 is 1.56 bits per heavy atom. The van der Waals surface area contributed by atoms with Gasteiger partial charge in [0.25, 0.3) is 0 Å². The number of carboxylic acid groups (broad SMARTS) is 1. The van der Waals surface area contributed by atoms with Crippen LogP contribution >= 0.6 is 15.9 Å². The van der Waals surface area contributed by atoms with E-state index in [2.05, 4.69) is 26.2 Å². The standard InChI is InChI=1S/C11H10BrN3O3/c1-18-10-3-2-7(4-8(10)12)5-15-6-9(11(16)17)13-14-15/h2-4,6H,5H2,1H3,(H,16,17). The normalized spacial score (nSPS) is 10.3. The third-order valence-corrected chi connectivity index (χ3v) is 2.94. The van der Waals surface area contributed by atoms with E-state index in [1.807, 2.05) is 18.2 Å². The van der Waals surface area contributed by atoms with Crippen LogP contribution in [0.15, 0.2) is 28.9 Å². The zero-order valence-corrected chi connectivity index (χ0v) is 11.1. The summed E-state index contributed by atoms with van der Waals surface area (Å²) >= 11 is 3.38. The summed E-state index contributed by atoms with van der Waals surface area (Å²) in [7, 11) is 1.59. The molecule has 0 aliphatic heterocycles. The highest BCUT2D eigenvalue weighted by molar-refractivity contribution is 9.10. The van der Waals surface area contributed by atoms with Crippen molar-refractivity contribution in [2.45, 2.75) is 6.54 Å². The van der Waals surface area contributed by atoms with Crippen molar-refractivity contribution in [3.05, 3.63) is 40.1 Å². The fraction of sp³-hybridized carbons (Fsp3) is 0.182. The van der Waals surface area contributed by atoms with Crippen molar-refractivity contribution < 1.29 is 14.6 Å². The Morgan fingerprint density at radius 3 is 2.89 bits per heavy atom. The largest absolute Gasteiger partial charge is 0.496 e. The Labute approximate surface area is 111 Å². The highest BCUT2D eigenvalue weighted by Gasteiger charge is 2.09. The lowest BCUT2D eigenvalue weighted by molar-refractivity contribution is 0.0690. The third-order valence-electron chi connectivity index (χ3n) is 2.32. The summed E-state index contributed by atoms with van der Waals surface area (Å²) in [6, 6.07) is 5.60. The molecule has 0 unspecified atom stereocenters. The highest BCUT2D eigenvalue weighted by Crippen LogP contribution is 2.25. The lowest BCUT2D eigenvalue weighted by atomic mass is 10.2. The first-order valence-corrected chi connectivity index (χ1v) is 5.85. The van der Waals surface area contributed by atoms with E-state index in [-0.39, 0.29) is 5.69 Å². The van der Waals surface area contributed by atoms with Crippen LogP contribution in [0.25, 0.3) is 0 Å². The van der Waals surface area contributed by atoms with E-state index in [1.54, 1.807) is 7.11 Å². The number of hydrogen-bond acceptors (Lipinski definition) is 4. The molecule has 2 rings (SSSR count). The summed E-state index contributed by atoms with van der Waals surface area (Å²) in [6.45, 7) is 0.447. The van der Waals surface area contributed by atoms with Crippen LogP contribution in [-0.2, 0) is 6.54 Å². The molecule has 6 nitrogen and oxygen atoms in total. The number of carboxylic acids is 1. The molecule has 2 aromatic rings. The Balaban J connectivity index is 2.18. The second-order valence-electron chi connectivity index (χ2n) is 3.58. The van der Waals surface area contributed by atoms with Gasteiger partial charge in [0.15, 0.2) is 5.69 Å². The predicted molar refractivity (Wildman–Crippen MR) is 66.8 cm³/mol. The quantitative estimate of drug-likeness (QED) is 0.931. The molecule has 0 saturated heterocycles. The van der Waals surface area contributed by atoms with Gasteiger partial charge in [-0.2, -0.15) is 0 Å². The van der Waals surface area contributed by atoms with Crippen LogP contribution < -0.4 is 4.74 Å². The molecule has 1 N–H and O–H groups in total. The monoisotopic (exact) mass is 311 g/mol. The minimum absolute atomic E-state index is 0.0671. The number of rotatable bonds is 4. The first-order chi connectivity index (χ1) is 8.60. The summed E-state index contributed by atoms with van der Waals surface area (Å²) < 4.78 is 7.43. The number of benzene rings is 1. The number of aromatic nitrogens is 3. The van der Waals surface area contributed by atoms with Crippen molar-refractivity contribution in [1.29, 1.82) is 0 Å². The Bertz CT molecular complexity index is 583. The van der Waals surface area contributed by atoms with Crippen molar-refractivity contribution in [1.82, 2.24) is 15.0 Å². The van der Waals surface area contributed by atoms with Crippen molar-refractivity contribution in [3.63, 3.8) is 0 Å². The molecule has 1 heterocycles. The van der Waals surface area contributed by atoms with Gasteiger partial charge in [0, 0.05) is 0 Å². The van der Waals surface area contributed by atoms with E-state index in [9.17, 15) is 4.79 Å². The van der Waals surface area contributed by atoms with Gasteiger partial charge in [-0.1, -0.05) is 11.3 Å². The molecule has 0 atom stereocenters. The van der Waals surface area contributed by atoms with Crippen molar-refractivity contribution in [3.8, 4) is 5.75 Å². The van der Waals surface area contributed by atoms with Gasteiger partial charge in [0.2, 0.25) is 0 Å². The van der Waals surface area contributed by atoms with Crippen molar-refractivity contribution in [2.75, 3.05) is 7.11 Å². The number of ether oxygens (including phenoxy) is 1. The number of nitrogens with zero attached hydrogens (tertiary/aromatic N) is 3. The van der Waals surface area contributed by atoms with Crippen molar-refractivity contribution >= 4 is 21.9 Å². The topological polar surface area (TPSA) is 77.2 Å². The molecule has 0 fully saturated rings. The van der Waals surface area contributed by atoms with E-state index >= 15 is 0 Å². The average molecular weight is 312 g/mol. The number of methoxy groups -OCH3 is 1. The van der Waals surface area contributed by atoms with E-state index in [0.29, 0.717) is 6.54 Å². The van der Waals surface area contributed by atoms with E-state index < -0.39 is 5.97 Å². The Kier molecular flexibility index (Phi) is 3.61. The molecule has 0 amide bonds. The number of halogens is 1. The van der Waals surface area contributed by atoms with Crippen LogP contribution in [-0.4, -0.2) is 33.2 Å². The second-order valence-corrected chi connectivity index (χ2v) is 4.43. The fourth-order valence-electron chi connectivity index (χ4n) is 1.47. The number of hydrogen-bond donors (Lipinski definition) is 1. The minimum Gasteiger partial charge on any atom is -0.496 e. The summed E-state index contributed by atoms with van der Waals surface area (Å²) in [4.78, 5) is 10.7. The summed E-state index contributed by atoms with van der Waals surface area (Å²) in [5.41, 5.74) is 0.895. The van der Waals surface area contributed by atoms with Crippen LogP contribution in [0.5, 0.6) is 5.75 Å². The first-order valence-electron chi connectivity index (χ1n) is 5.06. The third kappa shape index (κ3) is 2.67. The van der Waals surface area contributed by atoms with Gasteiger partial charge in [-0.3, -0.25) is 0 Å². The molecular formula is C11H10BrN3O3. The van der Waals surface area contributed by atoms with Gasteiger partial charge in [-0.15, -0.1) is 5.10 Å². The van der Waals surface area contributed by atoms with Crippen LogP contribution in [0.1, 0.15) is 16.1 Å². The maximum absolute atomic E-state index is 10.7. The average Bonchev–Trinajstić information content (AvgIpc) is 2.78. The minimum atomic E-state index is -1.09. The van der Waals surface area contributed by atoms with Crippen LogP contribution in [0.4, 0.5) is 0 Å². The lowest BCUT2D eigenvalue weighted by Crippen LogP contribution is -2.01. The zero-order valence-electron chi connectivity index (χ0n) is 9.50. The van der Waals surface area contributed by atoms with Gasteiger partial charge in [-0.05, 0) is 33.6 Å². The van der Waals surface area contributed by atoms with E-state index in [0.717, 1.165) is 15.8 Å². The molecule has 0 aliphatic rings. The van der Waals surface area contributed by atoms with Crippen LogP contribution in [0.2, 0.25) is 0 Å². The Morgan fingerprint density at radius 2 is 2.33 bits per heavy atom.